The summed E-state index contributed by atoms with van der Waals surface area (Å²) in [6.07, 6.45) is 4.26. The van der Waals surface area contributed by atoms with Gasteiger partial charge in [0.05, 0.1) is 6.61 Å². The van der Waals surface area contributed by atoms with Crippen molar-refractivity contribution in [2.75, 3.05) is 39.9 Å². The second-order valence-corrected chi connectivity index (χ2v) is 8.51. The van der Waals surface area contributed by atoms with Gasteiger partial charge in [-0.25, -0.2) is 0 Å². The number of amides is 1. The molecule has 0 saturated carbocycles. The number of ether oxygens (including phenoxy) is 1. The van der Waals surface area contributed by atoms with Gasteiger partial charge in [0.2, 0.25) is 5.91 Å². The largest absolute Gasteiger partial charge is 0.383 e. The van der Waals surface area contributed by atoms with Crippen LogP contribution in [0.2, 0.25) is 0 Å². The van der Waals surface area contributed by atoms with Crippen molar-refractivity contribution in [3.63, 3.8) is 0 Å². The van der Waals surface area contributed by atoms with Crippen molar-refractivity contribution >= 4 is 17.2 Å². The highest BCUT2D eigenvalue weighted by Gasteiger charge is 2.41. The lowest BCUT2D eigenvalue weighted by Gasteiger charge is -2.48. The minimum absolute atomic E-state index is 0.298. The predicted octanol–water partition coefficient (Wildman–Crippen LogP) is 2.91. The van der Waals surface area contributed by atoms with Crippen LogP contribution in [-0.4, -0.2) is 55.6 Å². The topological polar surface area (TPSA) is 32.8 Å². The van der Waals surface area contributed by atoms with E-state index >= 15 is 0 Å². The number of rotatable bonds is 5. The fourth-order valence-electron chi connectivity index (χ4n) is 4.08. The van der Waals surface area contributed by atoms with Crippen LogP contribution < -0.4 is 0 Å². The van der Waals surface area contributed by atoms with Crippen LogP contribution in [0.4, 0.5) is 0 Å². The average Bonchev–Trinajstić information content (AvgIpc) is 2.94. The predicted molar refractivity (Wildman–Crippen MR) is 93.7 cm³/mol. The summed E-state index contributed by atoms with van der Waals surface area (Å²) < 4.78 is 5.17. The Balaban J connectivity index is 1.63. The number of carbonyl (C=O) groups excluding carboxylic acids is 1. The molecule has 1 amide bonds. The number of hydrogen-bond acceptors (Lipinski definition) is 4. The lowest BCUT2D eigenvalue weighted by Crippen LogP contribution is -2.54. The van der Waals surface area contributed by atoms with Gasteiger partial charge in [0.15, 0.2) is 0 Å². The fraction of sp³-hybridized carbons (Fsp3) is 0.722. The monoisotopic (exact) mass is 336 g/mol. The standard InChI is InChI=1S/C18H28N2O2S/c1-15-4-5-16(23-15)12-19-9-3-7-18(13-19)8-6-17(21)20(14-18)10-11-22-2/h4-5H,3,6-14H2,1-2H3/t18-/m1/s1. The number of aryl methyl sites for hydroxylation is 1. The van der Waals surface area contributed by atoms with E-state index in [4.69, 9.17) is 4.74 Å². The summed E-state index contributed by atoms with van der Waals surface area (Å²) in [5.74, 6) is 0.304. The van der Waals surface area contributed by atoms with Crippen LogP contribution in [0.15, 0.2) is 12.1 Å². The average molecular weight is 337 g/mol. The second kappa shape index (κ2) is 7.32. The van der Waals surface area contributed by atoms with Crippen molar-refractivity contribution in [3.8, 4) is 0 Å². The highest BCUT2D eigenvalue weighted by atomic mass is 32.1. The Morgan fingerprint density at radius 3 is 2.91 bits per heavy atom. The zero-order valence-corrected chi connectivity index (χ0v) is 15.2. The number of carbonyl (C=O) groups is 1. The lowest BCUT2D eigenvalue weighted by atomic mass is 9.73. The van der Waals surface area contributed by atoms with Gasteiger partial charge in [-0.15, -0.1) is 11.3 Å². The van der Waals surface area contributed by atoms with E-state index in [1.54, 1.807) is 7.11 Å². The van der Waals surface area contributed by atoms with E-state index in [0.29, 0.717) is 24.3 Å². The normalized spacial score (nSPS) is 26.2. The summed E-state index contributed by atoms with van der Waals surface area (Å²) in [5, 5.41) is 0. The molecule has 0 aromatic carbocycles. The Labute approximate surface area is 143 Å². The zero-order chi connectivity index (χ0) is 16.3. The minimum atomic E-state index is 0.298. The van der Waals surface area contributed by atoms with Crippen LogP contribution in [0, 0.1) is 12.3 Å². The van der Waals surface area contributed by atoms with Crippen LogP contribution in [0.1, 0.15) is 35.4 Å². The molecule has 1 aromatic rings. The molecule has 0 unspecified atom stereocenters. The summed E-state index contributed by atoms with van der Waals surface area (Å²) in [5.41, 5.74) is 0.298. The minimum Gasteiger partial charge on any atom is -0.383 e. The van der Waals surface area contributed by atoms with E-state index < -0.39 is 0 Å². The third-order valence-corrected chi connectivity index (χ3v) is 6.21. The fourth-order valence-corrected chi connectivity index (χ4v) is 5.01. The van der Waals surface area contributed by atoms with Gasteiger partial charge >= 0.3 is 0 Å². The number of piperidine rings is 2. The molecule has 2 aliphatic heterocycles. The summed E-state index contributed by atoms with van der Waals surface area (Å²) in [6, 6.07) is 4.47. The first-order valence-corrected chi connectivity index (χ1v) is 9.46. The Morgan fingerprint density at radius 1 is 1.30 bits per heavy atom. The van der Waals surface area contributed by atoms with Crippen molar-refractivity contribution in [2.24, 2.45) is 5.41 Å². The first-order valence-electron chi connectivity index (χ1n) is 8.65. The Bertz CT molecular complexity index is 545. The molecule has 0 aliphatic carbocycles. The molecule has 2 aliphatic rings. The highest BCUT2D eigenvalue weighted by Crippen LogP contribution is 2.39. The van der Waals surface area contributed by atoms with Crippen LogP contribution in [-0.2, 0) is 16.1 Å². The Kier molecular flexibility index (Phi) is 5.39. The molecule has 4 nitrogen and oxygen atoms in total. The lowest BCUT2D eigenvalue weighted by molar-refractivity contribution is -0.140. The SMILES string of the molecule is COCCN1C[C@]2(CCCN(Cc3ccc(C)s3)C2)CCC1=O. The Morgan fingerprint density at radius 2 is 2.17 bits per heavy atom. The second-order valence-electron chi connectivity index (χ2n) is 7.13. The number of thiophene rings is 1. The molecule has 1 atom stereocenters. The molecule has 2 saturated heterocycles. The maximum Gasteiger partial charge on any atom is 0.222 e. The van der Waals surface area contributed by atoms with E-state index in [1.165, 1.54) is 29.1 Å². The molecule has 1 spiro atoms. The molecule has 0 radical (unpaired) electrons. The van der Waals surface area contributed by atoms with Gasteiger partial charge in [-0.2, -0.15) is 0 Å². The van der Waals surface area contributed by atoms with Gasteiger partial charge in [0.25, 0.3) is 0 Å². The van der Waals surface area contributed by atoms with Crippen LogP contribution in [0.3, 0.4) is 0 Å². The molecular weight excluding hydrogens is 308 g/mol. The smallest absolute Gasteiger partial charge is 0.222 e. The van der Waals surface area contributed by atoms with Gasteiger partial charge in [-0.3, -0.25) is 9.69 Å². The van der Waals surface area contributed by atoms with Crippen molar-refractivity contribution < 1.29 is 9.53 Å². The summed E-state index contributed by atoms with van der Waals surface area (Å²) in [7, 11) is 1.70. The molecule has 3 heterocycles. The summed E-state index contributed by atoms with van der Waals surface area (Å²) in [4.78, 5) is 19.6. The molecule has 5 heteroatoms. The van der Waals surface area contributed by atoms with E-state index in [9.17, 15) is 4.79 Å². The molecule has 128 valence electrons. The summed E-state index contributed by atoms with van der Waals surface area (Å²) in [6.45, 7) is 7.83. The first kappa shape index (κ1) is 16.9. The number of hydrogen-bond donors (Lipinski definition) is 0. The molecular formula is C18H28N2O2S. The third kappa shape index (κ3) is 4.14. The molecule has 23 heavy (non-hydrogen) atoms. The number of nitrogens with zero attached hydrogens (tertiary/aromatic N) is 2. The summed E-state index contributed by atoms with van der Waals surface area (Å²) >= 11 is 1.91. The maximum atomic E-state index is 12.2. The van der Waals surface area contributed by atoms with E-state index in [-0.39, 0.29) is 0 Å². The zero-order valence-electron chi connectivity index (χ0n) is 14.3. The quantitative estimate of drug-likeness (QED) is 0.829. The number of methoxy groups -OCH3 is 1. The molecule has 2 fully saturated rings. The van der Waals surface area contributed by atoms with Crippen molar-refractivity contribution in [2.45, 2.75) is 39.2 Å². The van der Waals surface area contributed by atoms with Gasteiger partial charge < -0.3 is 9.64 Å². The highest BCUT2D eigenvalue weighted by molar-refractivity contribution is 7.11. The van der Waals surface area contributed by atoms with E-state index in [0.717, 1.165) is 32.6 Å². The number of likely N-dealkylation sites (tertiary alicyclic amines) is 2. The van der Waals surface area contributed by atoms with Crippen LogP contribution in [0.25, 0.3) is 0 Å². The van der Waals surface area contributed by atoms with Crippen molar-refractivity contribution in [1.29, 1.82) is 0 Å². The van der Waals surface area contributed by atoms with Crippen LogP contribution >= 0.6 is 11.3 Å². The third-order valence-electron chi connectivity index (χ3n) is 5.23. The molecule has 0 N–H and O–H groups in total. The van der Waals surface area contributed by atoms with Crippen molar-refractivity contribution in [1.82, 2.24) is 9.80 Å². The molecule has 3 rings (SSSR count). The first-order chi connectivity index (χ1) is 11.1. The molecule has 0 bridgehead atoms. The van der Waals surface area contributed by atoms with Gasteiger partial charge in [0.1, 0.15) is 0 Å². The Hall–Kier alpha value is -0.910. The van der Waals surface area contributed by atoms with E-state index in [1.807, 2.05) is 16.2 Å². The van der Waals surface area contributed by atoms with Crippen molar-refractivity contribution in [3.05, 3.63) is 21.9 Å². The van der Waals surface area contributed by atoms with Crippen LogP contribution in [0.5, 0.6) is 0 Å². The van der Waals surface area contributed by atoms with Gasteiger partial charge in [0, 0.05) is 54.9 Å². The van der Waals surface area contributed by atoms with Gasteiger partial charge in [-0.05, 0) is 44.9 Å². The maximum absolute atomic E-state index is 12.2. The van der Waals surface area contributed by atoms with Gasteiger partial charge in [-0.1, -0.05) is 0 Å². The molecule has 1 aromatic heterocycles. The van der Waals surface area contributed by atoms with E-state index in [2.05, 4.69) is 24.0 Å².